The van der Waals surface area contributed by atoms with Gasteiger partial charge in [-0.3, -0.25) is 4.79 Å². The Morgan fingerprint density at radius 2 is 2.00 bits per heavy atom. The van der Waals surface area contributed by atoms with Gasteiger partial charge in [-0.15, -0.1) is 11.3 Å². The fraction of sp³-hybridized carbons (Fsp3) is 0.143. The third-order valence-electron chi connectivity index (χ3n) is 3.05. The molecule has 0 unspecified atom stereocenters. The van der Waals surface area contributed by atoms with Gasteiger partial charge in [-0.1, -0.05) is 0 Å². The number of anilines is 2. The van der Waals surface area contributed by atoms with Gasteiger partial charge >= 0.3 is 0 Å². The molecular weight excluding hydrogens is 286 g/mol. The number of nitrogens with zero attached hydrogens (tertiary/aromatic N) is 3. The molecule has 1 amide bonds. The number of aryl methyl sites for hydroxylation is 2. The molecule has 0 fully saturated rings. The van der Waals surface area contributed by atoms with Crippen LogP contribution in [-0.2, 0) is 0 Å². The number of fused-ring (bicyclic) bond motifs is 1. The molecule has 3 N–H and O–H groups in total. The molecule has 0 aliphatic carbocycles. The van der Waals surface area contributed by atoms with Crippen molar-refractivity contribution >= 4 is 38.8 Å². The van der Waals surface area contributed by atoms with Crippen molar-refractivity contribution in [1.29, 1.82) is 0 Å². The highest BCUT2D eigenvalue weighted by molar-refractivity contribution is 7.21. The normalized spacial score (nSPS) is 10.8. The number of carbonyl (C=O) groups is 1. The van der Waals surface area contributed by atoms with Crippen molar-refractivity contribution in [3.05, 3.63) is 40.9 Å². The molecule has 3 aromatic rings. The summed E-state index contributed by atoms with van der Waals surface area (Å²) in [4.78, 5) is 25.7. The second-order valence-corrected chi connectivity index (χ2v) is 5.69. The molecule has 0 aromatic carbocycles. The molecule has 7 heteroatoms. The quantitative estimate of drug-likeness (QED) is 0.758. The van der Waals surface area contributed by atoms with Crippen molar-refractivity contribution in [2.24, 2.45) is 0 Å². The first-order valence-electron chi connectivity index (χ1n) is 6.29. The number of thiophene rings is 1. The molecule has 0 radical (unpaired) electrons. The lowest BCUT2D eigenvalue weighted by Crippen LogP contribution is -2.12. The van der Waals surface area contributed by atoms with Crippen LogP contribution in [-0.4, -0.2) is 20.9 Å². The van der Waals surface area contributed by atoms with Gasteiger partial charge in [-0.05, 0) is 25.5 Å². The lowest BCUT2D eigenvalue weighted by atomic mass is 10.1. The summed E-state index contributed by atoms with van der Waals surface area (Å²) in [6.45, 7) is 3.89. The Morgan fingerprint density at radius 3 is 2.71 bits per heavy atom. The molecule has 3 heterocycles. The molecular formula is C14H13N5OS. The van der Waals surface area contributed by atoms with E-state index in [2.05, 4.69) is 20.3 Å². The standard InChI is InChI=1S/C14H13N5OS/c1-7-3-8(2)18-14-10(7)11(15)12(21-14)13(20)19-9-4-16-6-17-5-9/h3-6H,15H2,1-2H3,(H,19,20). The van der Waals surface area contributed by atoms with E-state index in [9.17, 15) is 4.79 Å². The average Bonchev–Trinajstić information content (AvgIpc) is 2.77. The summed E-state index contributed by atoms with van der Waals surface area (Å²) in [5.41, 5.74) is 9.05. The van der Waals surface area contributed by atoms with Gasteiger partial charge in [0, 0.05) is 11.1 Å². The lowest BCUT2D eigenvalue weighted by molar-refractivity contribution is 0.103. The number of hydrogen-bond donors (Lipinski definition) is 2. The predicted octanol–water partition coefficient (Wildman–Crippen LogP) is 2.54. The monoisotopic (exact) mass is 299 g/mol. The van der Waals surface area contributed by atoms with E-state index in [1.54, 1.807) is 0 Å². The highest BCUT2D eigenvalue weighted by Gasteiger charge is 2.19. The van der Waals surface area contributed by atoms with Crippen LogP contribution in [0.3, 0.4) is 0 Å². The van der Waals surface area contributed by atoms with E-state index in [4.69, 9.17) is 5.73 Å². The number of rotatable bonds is 2. The first kappa shape index (κ1) is 13.4. The predicted molar refractivity (Wildman–Crippen MR) is 83.5 cm³/mol. The molecule has 0 atom stereocenters. The maximum absolute atomic E-state index is 12.3. The van der Waals surface area contributed by atoms with Crippen molar-refractivity contribution in [3.8, 4) is 0 Å². The molecule has 6 nitrogen and oxygen atoms in total. The summed E-state index contributed by atoms with van der Waals surface area (Å²) >= 11 is 1.29. The van der Waals surface area contributed by atoms with Crippen LogP contribution in [0, 0.1) is 13.8 Å². The number of pyridine rings is 1. The zero-order valence-electron chi connectivity index (χ0n) is 11.5. The Kier molecular flexibility index (Phi) is 3.26. The van der Waals surface area contributed by atoms with Crippen LogP contribution in [0.1, 0.15) is 20.9 Å². The van der Waals surface area contributed by atoms with Gasteiger partial charge in [-0.2, -0.15) is 0 Å². The van der Waals surface area contributed by atoms with E-state index in [0.717, 1.165) is 21.5 Å². The molecule has 3 rings (SSSR count). The van der Waals surface area contributed by atoms with Crippen molar-refractivity contribution in [2.45, 2.75) is 13.8 Å². The number of nitrogens with two attached hydrogens (primary N) is 1. The first-order chi connectivity index (χ1) is 10.1. The van der Waals surface area contributed by atoms with Gasteiger partial charge in [0.2, 0.25) is 0 Å². The highest BCUT2D eigenvalue weighted by atomic mass is 32.1. The molecule has 3 aromatic heterocycles. The minimum atomic E-state index is -0.276. The van der Waals surface area contributed by atoms with E-state index >= 15 is 0 Å². The molecule has 0 bridgehead atoms. The minimum absolute atomic E-state index is 0.276. The van der Waals surface area contributed by atoms with E-state index in [1.807, 2.05) is 19.9 Å². The molecule has 0 aliphatic heterocycles. The maximum atomic E-state index is 12.3. The smallest absolute Gasteiger partial charge is 0.268 e. The van der Waals surface area contributed by atoms with Crippen LogP contribution in [0.2, 0.25) is 0 Å². The average molecular weight is 299 g/mol. The van der Waals surface area contributed by atoms with Gasteiger partial charge in [0.05, 0.1) is 23.8 Å². The molecule has 0 aliphatic rings. The van der Waals surface area contributed by atoms with E-state index in [-0.39, 0.29) is 5.91 Å². The summed E-state index contributed by atoms with van der Waals surface area (Å²) < 4.78 is 0. The molecule has 106 valence electrons. The summed E-state index contributed by atoms with van der Waals surface area (Å²) in [7, 11) is 0. The van der Waals surface area contributed by atoms with Crippen LogP contribution < -0.4 is 11.1 Å². The number of nitrogen functional groups attached to an aromatic ring is 1. The Hall–Kier alpha value is -2.54. The highest BCUT2D eigenvalue weighted by Crippen LogP contribution is 2.35. The minimum Gasteiger partial charge on any atom is -0.397 e. The van der Waals surface area contributed by atoms with Crippen LogP contribution in [0.5, 0.6) is 0 Å². The number of amides is 1. The zero-order chi connectivity index (χ0) is 15.0. The Bertz CT molecular complexity index is 828. The van der Waals surface area contributed by atoms with Crippen molar-refractivity contribution < 1.29 is 4.79 Å². The Morgan fingerprint density at radius 1 is 1.29 bits per heavy atom. The maximum Gasteiger partial charge on any atom is 0.268 e. The van der Waals surface area contributed by atoms with Gasteiger partial charge in [0.1, 0.15) is 16.0 Å². The Labute approximate surface area is 125 Å². The molecule has 0 spiro atoms. The van der Waals surface area contributed by atoms with Crippen LogP contribution >= 0.6 is 11.3 Å². The Balaban J connectivity index is 2.03. The van der Waals surface area contributed by atoms with Gasteiger partial charge < -0.3 is 11.1 Å². The molecule has 0 saturated carbocycles. The van der Waals surface area contributed by atoms with Gasteiger partial charge in [0.25, 0.3) is 5.91 Å². The fourth-order valence-electron chi connectivity index (χ4n) is 2.19. The van der Waals surface area contributed by atoms with Crippen molar-refractivity contribution in [2.75, 3.05) is 11.1 Å². The van der Waals surface area contributed by atoms with E-state index in [1.165, 1.54) is 30.1 Å². The second kappa shape index (κ2) is 5.10. The number of hydrogen-bond acceptors (Lipinski definition) is 6. The van der Waals surface area contributed by atoms with Gasteiger partial charge in [-0.25, -0.2) is 15.0 Å². The lowest BCUT2D eigenvalue weighted by Gasteiger charge is -2.03. The van der Waals surface area contributed by atoms with Crippen molar-refractivity contribution in [3.63, 3.8) is 0 Å². The topological polar surface area (TPSA) is 93.8 Å². The van der Waals surface area contributed by atoms with Crippen molar-refractivity contribution in [1.82, 2.24) is 15.0 Å². The van der Waals surface area contributed by atoms with Gasteiger partial charge in [0.15, 0.2) is 0 Å². The molecule has 0 saturated heterocycles. The van der Waals surface area contributed by atoms with E-state index < -0.39 is 0 Å². The largest absolute Gasteiger partial charge is 0.397 e. The fourth-order valence-corrected chi connectivity index (χ4v) is 3.30. The summed E-state index contributed by atoms with van der Waals surface area (Å²) in [6, 6.07) is 1.96. The summed E-state index contributed by atoms with van der Waals surface area (Å²) in [5, 5.41) is 3.58. The number of aromatic nitrogens is 3. The summed E-state index contributed by atoms with van der Waals surface area (Å²) in [5.74, 6) is -0.276. The third-order valence-corrected chi connectivity index (χ3v) is 4.15. The zero-order valence-corrected chi connectivity index (χ0v) is 12.4. The van der Waals surface area contributed by atoms with Crippen LogP contribution in [0.25, 0.3) is 10.2 Å². The second-order valence-electron chi connectivity index (χ2n) is 4.69. The molecule has 21 heavy (non-hydrogen) atoms. The summed E-state index contributed by atoms with van der Waals surface area (Å²) in [6.07, 6.45) is 4.46. The number of carbonyl (C=O) groups excluding carboxylic acids is 1. The SMILES string of the molecule is Cc1cc(C)c2c(N)c(C(=O)Nc3cncnc3)sc2n1. The number of nitrogens with one attached hydrogen (secondary N) is 1. The van der Waals surface area contributed by atoms with Crippen LogP contribution in [0.15, 0.2) is 24.8 Å². The van der Waals surface area contributed by atoms with Crippen LogP contribution in [0.4, 0.5) is 11.4 Å². The third kappa shape index (κ3) is 2.43. The first-order valence-corrected chi connectivity index (χ1v) is 7.10. The van der Waals surface area contributed by atoms with E-state index in [0.29, 0.717) is 16.3 Å².